The van der Waals surface area contributed by atoms with E-state index < -0.39 is 30.2 Å². The number of carbonyl (C=O) groups excluding carboxylic acids is 3. The second-order valence-corrected chi connectivity index (χ2v) is 7.38. The number of halogens is 1. The molecular weight excluding hydrogens is 437 g/mol. The van der Waals surface area contributed by atoms with Crippen molar-refractivity contribution in [1.29, 1.82) is 5.26 Å². The van der Waals surface area contributed by atoms with Gasteiger partial charge in [-0.15, -0.1) is 0 Å². The van der Waals surface area contributed by atoms with Crippen LogP contribution in [-0.4, -0.2) is 36.4 Å². The van der Waals surface area contributed by atoms with Crippen LogP contribution in [0.2, 0.25) is 0 Å². The van der Waals surface area contributed by atoms with E-state index in [-0.39, 0.29) is 22.4 Å². The molecule has 1 heterocycles. The minimum atomic E-state index is -0.791. The van der Waals surface area contributed by atoms with Crippen molar-refractivity contribution in [3.8, 4) is 11.8 Å². The van der Waals surface area contributed by atoms with E-state index >= 15 is 0 Å². The Hall–Kier alpha value is -4.77. The van der Waals surface area contributed by atoms with Crippen LogP contribution in [0.5, 0.6) is 5.75 Å². The molecule has 168 valence electrons. The molecule has 0 atom stereocenters. The summed E-state index contributed by atoms with van der Waals surface area (Å²) in [6.45, 7) is -0.490. The summed E-state index contributed by atoms with van der Waals surface area (Å²) in [6.07, 6.45) is 1.37. The average Bonchev–Trinajstić information content (AvgIpc) is 3.10. The van der Waals surface area contributed by atoms with Crippen molar-refractivity contribution < 1.29 is 23.5 Å². The Morgan fingerprint density at radius 1 is 1.03 bits per heavy atom. The molecule has 3 amide bonds. The molecule has 0 aromatic heterocycles. The van der Waals surface area contributed by atoms with Gasteiger partial charge in [0.1, 0.15) is 29.9 Å². The van der Waals surface area contributed by atoms with Crippen LogP contribution in [0.1, 0.15) is 26.3 Å². The highest BCUT2D eigenvalue weighted by molar-refractivity contribution is 6.22. The summed E-state index contributed by atoms with van der Waals surface area (Å²) in [4.78, 5) is 41.1. The Bertz CT molecular complexity index is 1320. The second kappa shape index (κ2) is 9.38. The molecule has 0 saturated carbocycles. The highest BCUT2D eigenvalue weighted by Crippen LogP contribution is 2.26. The molecular formula is C26H18FN3O4. The van der Waals surface area contributed by atoms with Gasteiger partial charge in [-0.05, 0) is 54.1 Å². The number of amides is 3. The quantitative estimate of drug-likeness (QED) is 0.318. The lowest BCUT2D eigenvalue weighted by atomic mass is 10.1. The minimum Gasteiger partial charge on any atom is -0.497 e. The summed E-state index contributed by atoms with van der Waals surface area (Å²) in [5, 5.41) is 9.70. The standard InChI is InChI=1S/C26H18FN3O4/c1-34-21-11-9-17(10-12-21)13-18(15-28)24(31)29(20-6-4-5-19(27)14-20)16-30-25(32)22-7-2-3-8-23(22)26(30)33/h2-14H,16H2,1H3/b18-13-. The number of nitrogens with zero attached hydrogens (tertiary/aromatic N) is 3. The summed E-state index contributed by atoms with van der Waals surface area (Å²) in [5.74, 6) is -1.95. The number of fused-ring (bicyclic) bond motifs is 1. The van der Waals surface area contributed by atoms with Gasteiger partial charge in [0.05, 0.1) is 18.2 Å². The van der Waals surface area contributed by atoms with E-state index in [0.29, 0.717) is 11.3 Å². The highest BCUT2D eigenvalue weighted by atomic mass is 19.1. The van der Waals surface area contributed by atoms with Crippen LogP contribution in [0.15, 0.2) is 78.4 Å². The molecule has 0 saturated heterocycles. The van der Waals surface area contributed by atoms with Crippen molar-refractivity contribution >= 4 is 29.5 Å². The number of anilines is 1. The van der Waals surface area contributed by atoms with E-state index in [0.717, 1.165) is 15.9 Å². The van der Waals surface area contributed by atoms with Gasteiger partial charge in [-0.3, -0.25) is 24.2 Å². The summed E-state index contributed by atoms with van der Waals surface area (Å²) < 4.78 is 19.1. The lowest BCUT2D eigenvalue weighted by molar-refractivity contribution is -0.114. The van der Waals surface area contributed by atoms with Crippen LogP contribution >= 0.6 is 0 Å². The first-order valence-electron chi connectivity index (χ1n) is 10.2. The first-order valence-corrected chi connectivity index (χ1v) is 10.2. The van der Waals surface area contributed by atoms with E-state index in [9.17, 15) is 24.0 Å². The third kappa shape index (κ3) is 4.27. The predicted molar refractivity (Wildman–Crippen MR) is 122 cm³/mol. The van der Waals surface area contributed by atoms with Crippen molar-refractivity contribution in [2.45, 2.75) is 0 Å². The fourth-order valence-electron chi connectivity index (χ4n) is 3.57. The molecule has 0 radical (unpaired) electrons. The Morgan fingerprint density at radius 2 is 1.68 bits per heavy atom. The van der Waals surface area contributed by atoms with Gasteiger partial charge in [0.2, 0.25) is 0 Å². The Labute approximate surface area is 194 Å². The number of hydrogen-bond donors (Lipinski definition) is 0. The Kier molecular flexibility index (Phi) is 6.19. The van der Waals surface area contributed by atoms with E-state index in [2.05, 4.69) is 0 Å². The van der Waals surface area contributed by atoms with E-state index in [1.54, 1.807) is 36.4 Å². The number of nitriles is 1. The maximum Gasteiger partial charge on any atom is 0.270 e. The van der Waals surface area contributed by atoms with Crippen molar-refractivity contribution in [2.75, 3.05) is 18.7 Å². The van der Waals surface area contributed by atoms with Gasteiger partial charge < -0.3 is 4.74 Å². The third-order valence-corrected chi connectivity index (χ3v) is 5.30. The largest absolute Gasteiger partial charge is 0.497 e. The molecule has 7 nitrogen and oxygen atoms in total. The molecule has 0 N–H and O–H groups in total. The smallest absolute Gasteiger partial charge is 0.270 e. The van der Waals surface area contributed by atoms with Crippen molar-refractivity contribution in [3.63, 3.8) is 0 Å². The molecule has 1 aliphatic rings. The van der Waals surface area contributed by atoms with Gasteiger partial charge in [-0.1, -0.05) is 30.3 Å². The zero-order valence-electron chi connectivity index (χ0n) is 18.1. The lowest BCUT2D eigenvalue weighted by Crippen LogP contribution is -2.44. The number of hydrogen-bond acceptors (Lipinski definition) is 5. The first-order chi connectivity index (χ1) is 16.4. The van der Waals surface area contributed by atoms with E-state index in [1.165, 1.54) is 43.5 Å². The van der Waals surface area contributed by atoms with Crippen LogP contribution < -0.4 is 9.64 Å². The normalized spacial score (nSPS) is 12.9. The van der Waals surface area contributed by atoms with Crippen LogP contribution in [0.4, 0.5) is 10.1 Å². The van der Waals surface area contributed by atoms with Gasteiger partial charge in [-0.2, -0.15) is 5.26 Å². The molecule has 3 aromatic carbocycles. The van der Waals surface area contributed by atoms with Crippen molar-refractivity contribution in [1.82, 2.24) is 4.90 Å². The van der Waals surface area contributed by atoms with E-state index in [1.807, 2.05) is 6.07 Å². The van der Waals surface area contributed by atoms with Crippen molar-refractivity contribution in [3.05, 3.63) is 101 Å². The lowest BCUT2D eigenvalue weighted by Gasteiger charge is -2.27. The summed E-state index contributed by atoms with van der Waals surface area (Å²) in [5.41, 5.74) is 0.830. The maximum absolute atomic E-state index is 14.0. The molecule has 4 rings (SSSR count). The van der Waals surface area contributed by atoms with Crippen LogP contribution in [0, 0.1) is 17.1 Å². The molecule has 8 heteroatoms. The van der Waals surface area contributed by atoms with Gasteiger partial charge >= 0.3 is 0 Å². The highest BCUT2D eigenvalue weighted by Gasteiger charge is 2.37. The minimum absolute atomic E-state index is 0.0948. The summed E-state index contributed by atoms with van der Waals surface area (Å²) in [7, 11) is 1.52. The molecule has 0 unspecified atom stereocenters. The summed E-state index contributed by atoms with van der Waals surface area (Å²) >= 11 is 0. The predicted octanol–water partition coefficient (Wildman–Crippen LogP) is 4.03. The Morgan fingerprint density at radius 3 is 2.24 bits per heavy atom. The molecule has 34 heavy (non-hydrogen) atoms. The molecule has 1 aliphatic heterocycles. The topological polar surface area (TPSA) is 90.7 Å². The monoisotopic (exact) mass is 455 g/mol. The second-order valence-electron chi connectivity index (χ2n) is 7.38. The van der Waals surface area contributed by atoms with Crippen LogP contribution in [0.25, 0.3) is 6.08 Å². The number of benzene rings is 3. The van der Waals surface area contributed by atoms with Gasteiger partial charge in [-0.25, -0.2) is 4.39 Å². The molecule has 0 bridgehead atoms. The van der Waals surface area contributed by atoms with Gasteiger partial charge in [0.15, 0.2) is 0 Å². The third-order valence-electron chi connectivity index (χ3n) is 5.30. The van der Waals surface area contributed by atoms with Gasteiger partial charge in [0, 0.05) is 5.69 Å². The molecule has 0 aliphatic carbocycles. The van der Waals surface area contributed by atoms with Crippen molar-refractivity contribution in [2.24, 2.45) is 0 Å². The van der Waals surface area contributed by atoms with E-state index in [4.69, 9.17) is 4.74 Å². The zero-order valence-corrected chi connectivity index (χ0v) is 18.1. The maximum atomic E-state index is 14.0. The fourth-order valence-corrected chi connectivity index (χ4v) is 3.57. The Balaban J connectivity index is 1.71. The summed E-state index contributed by atoms with van der Waals surface area (Å²) in [6, 6.07) is 20.0. The van der Waals surface area contributed by atoms with Crippen LogP contribution in [0.3, 0.4) is 0 Å². The molecule has 3 aromatic rings. The number of rotatable bonds is 6. The SMILES string of the molecule is COc1ccc(/C=C(/C#N)C(=O)N(CN2C(=O)c3ccccc3C2=O)c2cccc(F)c2)cc1. The van der Waals surface area contributed by atoms with Crippen LogP contribution in [-0.2, 0) is 4.79 Å². The number of methoxy groups -OCH3 is 1. The first kappa shape index (κ1) is 22.4. The average molecular weight is 455 g/mol. The number of ether oxygens (including phenoxy) is 1. The fraction of sp³-hybridized carbons (Fsp3) is 0.0769. The van der Waals surface area contributed by atoms with Gasteiger partial charge in [0.25, 0.3) is 17.7 Å². The molecule has 0 spiro atoms. The zero-order chi connectivity index (χ0) is 24.2. The number of imide groups is 1. The number of carbonyl (C=O) groups is 3. The molecule has 0 fully saturated rings.